The molecule has 2 rings (SSSR count). The first-order chi connectivity index (χ1) is 8.09. The second-order valence-corrected chi connectivity index (χ2v) is 5.09. The number of anilines is 1. The molecule has 1 aliphatic carbocycles. The van der Waals surface area contributed by atoms with Gasteiger partial charge >= 0.3 is 0 Å². The van der Waals surface area contributed by atoms with Gasteiger partial charge in [0.15, 0.2) is 0 Å². The lowest BCUT2D eigenvalue weighted by Crippen LogP contribution is -2.34. The molecule has 3 nitrogen and oxygen atoms in total. The molecule has 2 N–H and O–H groups in total. The topological polar surface area (TPSA) is 46.3 Å². The van der Waals surface area contributed by atoms with Gasteiger partial charge in [0, 0.05) is 19.3 Å². The van der Waals surface area contributed by atoms with E-state index in [1.54, 1.807) is 23.1 Å². The van der Waals surface area contributed by atoms with Gasteiger partial charge in [-0.1, -0.05) is 24.1 Å². The van der Waals surface area contributed by atoms with Crippen LogP contribution in [0.15, 0.2) is 18.2 Å². The molecule has 4 heteroatoms. The Morgan fingerprint density at radius 1 is 1.53 bits per heavy atom. The van der Waals surface area contributed by atoms with Gasteiger partial charge in [-0.05, 0) is 30.9 Å². The highest BCUT2D eigenvalue weighted by molar-refractivity contribution is 6.34. The van der Waals surface area contributed by atoms with Crippen molar-refractivity contribution in [2.24, 2.45) is 5.92 Å². The van der Waals surface area contributed by atoms with Crippen molar-refractivity contribution in [2.75, 3.05) is 19.3 Å². The van der Waals surface area contributed by atoms with E-state index in [-0.39, 0.29) is 5.91 Å². The number of hydrogen-bond donors (Lipinski definition) is 1. The van der Waals surface area contributed by atoms with Gasteiger partial charge < -0.3 is 10.6 Å². The molecule has 1 aromatic carbocycles. The van der Waals surface area contributed by atoms with Crippen LogP contribution in [0.4, 0.5) is 5.69 Å². The first kappa shape index (κ1) is 12.2. The summed E-state index contributed by atoms with van der Waals surface area (Å²) in [4.78, 5) is 13.9. The van der Waals surface area contributed by atoms with Crippen LogP contribution in [0.3, 0.4) is 0 Å². The molecule has 0 spiro atoms. The molecule has 17 heavy (non-hydrogen) atoms. The molecule has 1 fully saturated rings. The molecule has 0 saturated heterocycles. The van der Waals surface area contributed by atoms with Crippen LogP contribution in [0, 0.1) is 5.92 Å². The van der Waals surface area contributed by atoms with Gasteiger partial charge in [0.2, 0.25) is 0 Å². The molecule has 0 unspecified atom stereocenters. The number of nitrogen functional groups attached to an aromatic ring is 1. The number of nitrogens with two attached hydrogens (primary N) is 1. The van der Waals surface area contributed by atoms with Gasteiger partial charge in [-0.15, -0.1) is 0 Å². The van der Waals surface area contributed by atoms with E-state index in [4.69, 9.17) is 17.3 Å². The Morgan fingerprint density at radius 3 is 2.76 bits per heavy atom. The lowest BCUT2D eigenvalue weighted by atomic mass is 9.85. The molecule has 0 bridgehead atoms. The smallest absolute Gasteiger partial charge is 0.257 e. The summed E-state index contributed by atoms with van der Waals surface area (Å²) < 4.78 is 0. The number of carbonyl (C=O) groups excluding carboxylic acids is 1. The molecule has 1 saturated carbocycles. The third kappa shape index (κ3) is 2.55. The van der Waals surface area contributed by atoms with Gasteiger partial charge in [0.1, 0.15) is 0 Å². The van der Waals surface area contributed by atoms with Crippen LogP contribution in [0.25, 0.3) is 0 Å². The number of hydrogen-bond acceptors (Lipinski definition) is 2. The van der Waals surface area contributed by atoms with Crippen molar-refractivity contribution in [3.05, 3.63) is 28.8 Å². The van der Waals surface area contributed by atoms with Crippen LogP contribution in [0.2, 0.25) is 5.02 Å². The predicted molar refractivity (Wildman–Crippen MR) is 70.2 cm³/mol. The molecular formula is C13H17ClN2O. The molecule has 0 radical (unpaired) electrons. The number of rotatable bonds is 3. The van der Waals surface area contributed by atoms with E-state index in [9.17, 15) is 4.79 Å². The van der Waals surface area contributed by atoms with Crippen LogP contribution in [0.1, 0.15) is 29.6 Å². The Bertz CT molecular complexity index is 409. The molecule has 1 aromatic rings. The molecular weight excluding hydrogens is 236 g/mol. The fourth-order valence-electron chi connectivity index (χ4n) is 2.10. The maximum atomic E-state index is 12.2. The third-order valence-electron chi connectivity index (χ3n) is 3.36. The zero-order valence-corrected chi connectivity index (χ0v) is 10.7. The highest BCUT2D eigenvalue weighted by Crippen LogP contribution is 2.28. The van der Waals surface area contributed by atoms with Crippen molar-refractivity contribution >= 4 is 23.2 Å². The zero-order chi connectivity index (χ0) is 12.4. The summed E-state index contributed by atoms with van der Waals surface area (Å²) >= 11 is 6.03. The number of halogens is 1. The fourth-order valence-corrected chi connectivity index (χ4v) is 2.37. The summed E-state index contributed by atoms with van der Waals surface area (Å²) in [5.41, 5.74) is 6.68. The first-order valence-corrected chi connectivity index (χ1v) is 6.27. The normalized spacial score (nSPS) is 15.4. The molecule has 0 heterocycles. The van der Waals surface area contributed by atoms with Crippen LogP contribution < -0.4 is 5.73 Å². The molecule has 1 aliphatic rings. The van der Waals surface area contributed by atoms with Gasteiger partial charge in [-0.3, -0.25) is 4.79 Å². The lowest BCUT2D eigenvalue weighted by Gasteiger charge is -2.30. The fraction of sp³-hybridized carbons (Fsp3) is 0.462. The molecule has 0 atom stereocenters. The minimum absolute atomic E-state index is 0.0833. The standard InChI is InChI=1S/C13H17ClN2O/c1-16(8-9-4-2-5-9)13(17)12-10(14)6-3-7-11(12)15/h3,6-7,9H,2,4-5,8,15H2,1H3. The van der Waals surface area contributed by atoms with Crippen molar-refractivity contribution in [3.63, 3.8) is 0 Å². The van der Waals surface area contributed by atoms with Crippen molar-refractivity contribution < 1.29 is 4.79 Å². The summed E-state index contributed by atoms with van der Waals surface area (Å²) in [7, 11) is 1.81. The maximum absolute atomic E-state index is 12.2. The SMILES string of the molecule is CN(CC1CCC1)C(=O)c1c(N)cccc1Cl. The molecule has 0 aromatic heterocycles. The van der Waals surface area contributed by atoms with E-state index in [2.05, 4.69) is 0 Å². The Morgan fingerprint density at radius 2 is 2.24 bits per heavy atom. The van der Waals surface area contributed by atoms with Gasteiger partial charge in [-0.25, -0.2) is 0 Å². The summed E-state index contributed by atoms with van der Waals surface area (Å²) in [5.74, 6) is 0.563. The summed E-state index contributed by atoms with van der Waals surface area (Å²) in [5, 5.41) is 0.426. The lowest BCUT2D eigenvalue weighted by molar-refractivity contribution is 0.0746. The minimum Gasteiger partial charge on any atom is -0.398 e. The quantitative estimate of drug-likeness (QED) is 0.841. The summed E-state index contributed by atoms with van der Waals surface area (Å²) in [6, 6.07) is 5.15. The predicted octanol–water partition coefficient (Wildman–Crippen LogP) is 2.79. The highest BCUT2D eigenvalue weighted by atomic mass is 35.5. The highest BCUT2D eigenvalue weighted by Gasteiger charge is 2.24. The maximum Gasteiger partial charge on any atom is 0.257 e. The van der Waals surface area contributed by atoms with Gasteiger partial charge in [-0.2, -0.15) is 0 Å². The van der Waals surface area contributed by atoms with Crippen LogP contribution in [-0.4, -0.2) is 24.4 Å². The zero-order valence-electron chi connectivity index (χ0n) is 9.95. The van der Waals surface area contributed by atoms with E-state index in [0.29, 0.717) is 22.2 Å². The second-order valence-electron chi connectivity index (χ2n) is 4.69. The largest absolute Gasteiger partial charge is 0.398 e. The molecule has 0 aliphatic heterocycles. The van der Waals surface area contributed by atoms with Crippen LogP contribution >= 0.6 is 11.6 Å². The Labute approximate surface area is 107 Å². The number of amides is 1. The van der Waals surface area contributed by atoms with Crippen molar-refractivity contribution in [1.29, 1.82) is 0 Å². The van der Waals surface area contributed by atoms with Crippen molar-refractivity contribution in [2.45, 2.75) is 19.3 Å². The third-order valence-corrected chi connectivity index (χ3v) is 3.68. The van der Waals surface area contributed by atoms with E-state index < -0.39 is 0 Å². The number of nitrogens with zero attached hydrogens (tertiary/aromatic N) is 1. The average Bonchev–Trinajstić information content (AvgIpc) is 2.22. The van der Waals surface area contributed by atoms with Crippen LogP contribution in [0.5, 0.6) is 0 Å². The number of benzene rings is 1. The van der Waals surface area contributed by atoms with Gasteiger partial charge in [0.05, 0.1) is 10.6 Å². The van der Waals surface area contributed by atoms with E-state index in [1.807, 2.05) is 7.05 Å². The Kier molecular flexibility index (Phi) is 3.57. The molecule has 1 amide bonds. The summed E-state index contributed by atoms with van der Waals surface area (Å²) in [6.07, 6.45) is 3.71. The van der Waals surface area contributed by atoms with E-state index >= 15 is 0 Å². The molecule has 92 valence electrons. The van der Waals surface area contributed by atoms with Crippen LogP contribution in [-0.2, 0) is 0 Å². The first-order valence-electron chi connectivity index (χ1n) is 5.89. The monoisotopic (exact) mass is 252 g/mol. The minimum atomic E-state index is -0.0833. The summed E-state index contributed by atoms with van der Waals surface area (Å²) in [6.45, 7) is 0.795. The Hall–Kier alpha value is -1.22. The van der Waals surface area contributed by atoms with E-state index in [0.717, 1.165) is 6.54 Å². The van der Waals surface area contributed by atoms with Gasteiger partial charge in [0.25, 0.3) is 5.91 Å². The number of carbonyl (C=O) groups is 1. The van der Waals surface area contributed by atoms with Crippen molar-refractivity contribution in [1.82, 2.24) is 4.90 Å². The Balaban J connectivity index is 2.12. The van der Waals surface area contributed by atoms with Crippen molar-refractivity contribution in [3.8, 4) is 0 Å². The van der Waals surface area contributed by atoms with E-state index in [1.165, 1.54) is 19.3 Å². The second kappa shape index (κ2) is 4.96. The average molecular weight is 253 g/mol.